The van der Waals surface area contributed by atoms with Gasteiger partial charge in [-0.15, -0.1) is 11.3 Å². The molecular weight excluding hydrogens is 470 g/mol. The number of hydrogen-bond acceptors (Lipinski definition) is 5. The van der Waals surface area contributed by atoms with Crippen LogP contribution in [0.4, 0.5) is 0 Å². The van der Waals surface area contributed by atoms with Crippen molar-refractivity contribution in [2.24, 2.45) is 5.10 Å². The summed E-state index contributed by atoms with van der Waals surface area (Å²) in [5.41, 5.74) is 3.44. The second-order valence-electron chi connectivity index (χ2n) is 8.56. The number of fused-ring (bicyclic) bond motifs is 4. The molecule has 0 saturated carbocycles. The molecular formula is C25H24BrN3OS. The van der Waals surface area contributed by atoms with E-state index in [1.54, 1.807) is 11.3 Å². The van der Waals surface area contributed by atoms with Gasteiger partial charge in [0.05, 0.1) is 20.4 Å². The van der Waals surface area contributed by atoms with Crippen molar-refractivity contribution in [3.05, 3.63) is 86.5 Å². The van der Waals surface area contributed by atoms with Gasteiger partial charge in [0.15, 0.2) is 0 Å². The summed E-state index contributed by atoms with van der Waals surface area (Å²) in [6.45, 7) is 3.01. The van der Waals surface area contributed by atoms with Crippen LogP contribution in [0.1, 0.15) is 41.3 Å². The van der Waals surface area contributed by atoms with E-state index >= 15 is 0 Å². The van der Waals surface area contributed by atoms with Crippen LogP contribution in [0, 0.1) is 0 Å². The second kappa shape index (κ2) is 7.76. The van der Waals surface area contributed by atoms with Gasteiger partial charge in [-0.2, -0.15) is 5.10 Å². The summed E-state index contributed by atoms with van der Waals surface area (Å²) in [6.07, 6.45) is 2.84. The SMILES string of the molecule is Brc1ccc(C2=NN3[C@H](C2)c2ccccc2OC32CCN(Cc3ccccc3)CC2)s1. The van der Waals surface area contributed by atoms with Gasteiger partial charge in [-0.3, -0.25) is 4.90 Å². The van der Waals surface area contributed by atoms with Gasteiger partial charge in [0.1, 0.15) is 5.75 Å². The number of likely N-dealkylation sites (tertiary alicyclic amines) is 1. The number of nitrogens with zero attached hydrogens (tertiary/aromatic N) is 3. The maximum absolute atomic E-state index is 6.75. The summed E-state index contributed by atoms with van der Waals surface area (Å²) in [5, 5.41) is 7.48. The Balaban J connectivity index is 1.29. The van der Waals surface area contributed by atoms with E-state index < -0.39 is 0 Å². The molecule has 1 atom stereocenters. The first-order valence-electron chi connectivity index (χ1n) is 10.9. The Morgan fingerprint density at radius 3 is 2.55 bits per heavy atom. The van der Waals surface area contributed by atoms with E-state index in [0.29, 0.717) is 0 Å². The van der Waals surface area contributed by atoms with E-state index in [9.17, 15) is 0 Å². The molecule has 3 aliphatic rings. The number of piperidine rings is 1. The van der Waals surface area contributed by atoms with Gasteiger partial charge in [0.25, 0.3) is 0 Å². The first-order chi connectivity index (χ1) is 15.2. The molecule has 1 aromatic heterocycles. The topological polar surface area (TPSA) is 28.1 Å². The van der Waals surface area contributed by atoms with E-state index in [-0.39, 0.29) is 11.8 Å². The summed E-state index contributed by atoms with van der Waals surface area (Å²) in [6, 6.07) is 23.8. The molecule has 3 aromatic rings. The minimum atomic E-state index is -0.359. The fourth-order valence-electron chi connectivity index (χ4n) is 5.08. The predicted molar refractivity (Wildman–Crippen MR) is 129 cm³/mol. The maximum atomic E-state index is 6.75. The van der Waals surface area contributed by atoms with Gasteiger partial charge in [-0.05, 0) is 39.7 Å². The number of hydrogen-bond donors (Lipinski definition) is 0. The third-order valence-electron chi connectivity index (χ3n) is 6.65. The van der Waals surface area contributed by atoms with Crippen molar-refractivity contribution in [2.75, 3.05) is 13.1 Å². The zero-order valence-electron chi connectivity index (χ0n) is 17.2. The van der Waals surface area contributed by atoms with Gasteiger partial charge in [-0.1, -0.05) is 48.5 Å². The Morgan fingerprint density at radius 2 is 1.77 bits per heavy atom. The first kappa shape index (κ1) is 19.5. The van der Waals surface area contributed by atoms with E-state index in [2.05, 4.69) is 92.6 Å². The van der Waals surface area contributed by atoms with Crippen LogP contribution in [-0.2, 0) is 6.54 Å². The lowest BCUT2D eigenvalue weighted by molar-refractivity contribution is -0.150. The Hall–Kier alpha value is -2.15. The van der Waals surface area contributed by atoms with E-state index in [0.717, 1.165) is 48.4 Å². The van der Waals surface area contributed by atoms with Crippen LogP contribution in [0.15, 0.2) is 75.6 Å². The number of rotatable bonds is 3. The first-order valence-corrected chi connectivity index (χ1v) is 12.5. The second-order valence-corrected chi connectivity index (χ2v) is 11.0. The monoisotopic (exact) mass is 493 g/mol. The molecule has 6 heteroatoms. The Bertz CT molecular complexity index is 1120. The van der Waals surface area contributed by atoms with E-state index in [1.807, 2.05) is 0 Å². The van der Waals surface area contributed by atoms with Crippen molar-refractivity contribution < 1.29 is 4.74 Å². The number of para-hydroxylation sites is 1. The number of halogens is 1. The van der Waals surface area contributed by atoms with Gasteiger partial charge in [-0.25, -0.2) is 5.01 Å². The van der Waals surface area contributed by atoms with Crippen LogP contribution in [0.5, 0.6) is 5.75 Å². The molecule has 6 rings (SSSR count). The molecule has 0 N–H and O–H groups in total. The molecule has 1 fully saturated rings. The number of thiophene rings is 1. The summed E-state index contributed by atoms with van der Waals surface area (Å²) < 4.78 is 7.90. The molecule has 4 nitrogen and oxygen atoms in total. The largest absolute Gasteiger partial charge is 0.466 e. The van der Waals surface area contributed by atoms with E-state index in [1.165, 1.54) is 21.7 Å². The predicted octanol–water partition coefficient (Wildman–Crippen LogP) is 6.05. The van der Waals surface area contributed by atoms with Crippen LogP contribution in [0.3, 0.4) is 0 Å². The highest BCUT2D eigenvalue weighted by Gasteiger charge is 2.51. The van der Waals surface area contributed by atoms with Gasteiger partial charge < -0.3 is 4.74 Å². The van der Waals surface area contributed by atoms with Crippen LogP contribution in [0.2, 0.25) is 0 Å². The summed E-state index contributed by atoms with van der Waals surface area (Å²) in [5.74, 6) is 1.03. The van der Waals surface area contributed by atoms with Gasteiger partial charge >= 0.3 is 0 Å². The van der Waals surface area contributed by atoms with Crippen molar-refractivity contribution in [3.63, 3.8) is 0 Å². The molecule has 3 aliphatic heterocycles. The Labute approximate surface area is 195 Å². The molecule has 1 saturated heterocycles. The molecule has 0 radical (unpaired) electrons. The lowest BCUT2D eigenvalue weighted by Gasteiger charge is -2.51. The molecule has 0 amide bonds. The van der Waals surface area contributed by atoms with Crippen LogP contribution < -0.4 is 4.74 Å². The number of ether oxygens (including phenoxy) is 1. The third-order valence-corrected chi connectivity index (χ3v) is 8.32. The quantitative estimate of drug-likeness (QED) is 0.444. The standard InChI is InChI=1S/C25H24BrN3OS/c26-24-11-10-23(31-24)20-16-21-19-8-4-5-9-22(19)30-25(29(21)27-20)12-14-28(15-13-25)17-18-6-2-1-3-7-18/h1-11,21H,12-17H2/t21-/m1/s1. The molecule has 0 unspecified atom stereocenters. The summed E-state index contributed by atoms with van der Waals surface area (Å²) in [4.78, 5) is 3.78. The van der Waals surface area contributed by atoms with Crippen molar-refractivity contribution in [1.29, 1.82) is 0 Å². The molecule has 1 spiro atoms. The van der Waals surface area contributed by atoms with Crippen molar-refractivity contribution in [3.8, 4) is 5.75 Å². The highest BCUT2D eigenvalue weighted by Crippen LogP contribution is 2.50. The average Bonchev–Trinajstić information content (AvgIpc) is 3.44. The lowest BCUT2D eigenvalue weighted by Crippen LogP contribution is -2.59. The molecule has 2 aromatic carbocycles. The summed E-state index contributed by atoms with van der Waals surface area (Å²) in [7, 11) is 0. The highest BCUT2D eigenvalue weighted by atomic mass is 79.9. The minimum Gasteiger partial charge on any atom is -0.466 e. The van der Waals surface area contributed by atoms with Crippen LogP contribution in [-0.4, -0.2) is 34.4 Å². The van der Waals surface area contributed by atoms with Crippen LogP contribution >= 0.6 is 27.3 Å². The lowest BCUT2D eigenvalue weighted by atomic mass is 9.91. The molecule has 4 heterocycles. The molecule has 0 bridgehead atoms. The zero-order chi connectivity index (χ0) is 20.8. The maximum Gasteiger partial charge on any atom is 0.200 e. The zero-order valence-corrected chi connectivity index (χ0v) is 19.6. The van der Waals surface area contributed by atoms with Gasteiger partial charge in [0.2, 0.25) is 5.72 Å². The smallest absolute Gasteiger partial charge is 0.200 e. The van der Waals surface area contributed by atoms with Gasteiger partial charge in [0, 0.05) is 44.5 Å². The normalized spacial score (nSPS) is 22.0. The van der Waals surface area contributed by atoms with Crippen molar-refractivity contribution in [2.45, 2.75) is 37.6 Å². The molecule has 158 valence electrons. The number of hydrazone groups is 1. The third kappa shape index (κ3) is 3.51. The molecule has 0 aliphatic carbocycles. The highest BCUT2D eigenvalue weighted by molar-refractivity contribution is 9.11. The number of benzene rings is 2. The Morgan fingerprint density at radius 1 is 1.00 bits per heavy atom. The van der Waals surface area contributed by atoms with Crippen molar-refractivity contribution in [1.82, 2.24) is 9.91 Å². The van der Waals surface area contributed by atoms with E-state index in [4.69, 9.17) is 9.84 Å². The fourth-order valence-corrected chi connectivity index (χ4v) is 6.46. The van der Waals surface area contributed by atoms with Crippen molar-refractivity contribution >= 4 is 33.0 Å². The minimum absolute atomic E-state index is 0.251. The van der Waals surface area contributed by atoms with Crippen LogP contribution in [0.25, 0.3) is 0 Å². The fraction of sp³-hybridized carbons (Fsp3) is 0.320. The Kier molecular flexibility index (Phi) is 4.89. The summed E-state index contributed by atoms with van der Waals surface area (Å²) >= 11 is 5.36. The molecule has 31 heavy (non-hydrogen) atoms. The average molecular weight is 494 g/mol.